The summed E-state index contributed by atoms with van der Waals surface area (Å²) >= 11 is 5.58. The molecule has 0 aliphatic heterocycles. The first-order valence-corrected chi connectivity index (χ1v) is 3.49. The summed E-state index contributed by atoms with van der Waals surface area (Å²) in [7, 11) is 1.24. The zero-order valence-corrected chi connectivity index (χ0v) is 7.01. The van der Waals surface area contributed by atoms with Crippen molar-refractivity contribution in [2.45, 2.75) is 0 Å². The summed E-state index contributed by atoms with van der Waals surface area (Å²) in [5.41, 5.74) is -0.202. The van der Waals surface area contributed by atoms with Crippen LogP contribution in [0, 0.1) is 0 Å². The first-order valence-electron chi connectivity index (χ1n) is 3.11. The second-order valence-corrected chi connectivity index (χ2v) is 2.46. The standard InChI is InChI=1S/C7H6ClNO3/c1-12-7(11)4-3-9-6(10)2-5(4)8/h2-3H,1H3,(H,9,10). The van der Waals surface area contributed by atoms with Crippen molar-refractivity contribution in [2.24, 2.45) is 0 Å². The lowest BCUT2D eigenvalue weighted by molar-refractivity contribution is 0.0600. The number of aromatic amines is 1. The molecule has 0 radical (unpaired) electrons. The van der Waals surface area contributed by atoms with Gasteiger partial charge in [0.25, 0.3) is 0 Å². The second kappa shape index (κ2) is 3.40. The number of aromatic nitrogens is 1. The Morgan fingerprint density at radius 2 is 2.33 bits per heavy atom. The minimum absolute atomic E-state index is 0.0885. The number of hydrogen-bond acceptors (Lipinski definition) is 3. The van der Waals surface area contributed by atoms with Crippen molar-refractivity contribution < 1.29 is 9.53 Å². The Hall–Kier alpha value is -1.29. The lowest BCUT2D eigenvalue weighted by Crippen LogP contribution is -2.09. The summed E-state index contributed by atoms with van der Waals surface area (Å²) in [4.78, 5) is 23.9. The van der Waals surface area contributed by atoms with E-state index in [1.165, 1.54) is 13.3 Å². The number of H-pyrrole nitrogens is 1. The molecule has 0 aromatic carbocycles. The predicted octanol–water partition coefficient (Wildman–Crippen LogP) is 0.815. The van der Waals surface area contributed by atoms with Crippen molar-refractivity contribution in [3.8, 4) is 0 Å². The predicted molar refractivity (Wildman–Crippen MR) is 43.4 cm³/mol. The number of rotatable bonds is 1. The number of methoxy groups -OCH3 is 1. The molecule has 64 valence electrons. The molecule has 5 heteroatoms. The van der Waals surface area contributed by atoms with Gasteiger partial charge in [-0.1, -0.05) is 11.6 Å². The number of esters is 1. The van der Waals surface area contributed by atoms with Gasteiger partial charge < -0.3 is 9.72 Å². The van der Waals surface area contributed by atoms with Gasteiger partial charge in [-0.3, -0.25) is 4.79 Å². The van der Waals surface area contributed by atoms with Crippen molar-refractivity contribution in [1.82, 2.24) is 4.98 Å². The smallest absolute Gasteiger partial charge is 0.340 e. The van der Waals surface area contributed by atoms with Gasteiger partial charge in [0.15, 0.2) is 0 Å². The van der Waals surface area contributed by atoms with E-state index < -0.39 is 5.97 Å². The van der Waals surface area contributed by atoms with Crippen LogP contribution in [0.25, 0.3) is 0 Å². The molecule has 1 aromatic rings. The third-order valence-corrected chi connectivity index (χ3v) is 1.59. The Kier molecular flexibility index (Phi) is 2.50. The number of halogens is 1. The van der Waals surface area contributed by atoms with Crippen LogP contribution in [0.1, 0.15) is 10.4 Å². The van der Waals surface area contributed by atoms with E-state index in [4.69, 9.17) is 11.6 Å². The molecule has 0 bridgehead atoms. The molecule has 1 heterocycles. The first-order chi connectivity index (χ1) is 5.65. The van der Waals surface area contributed by atoms with Gasteiger partial charge >= 0.3 is 5.97 Å². The van der Waals surface area contributed by atoms with Crippen molar-refractivity contribution in [3.63, 3.8) is 0 Å². The normalized spacial score (nSPS) is 9.50. The number of nitrogens with one attached hydrogen (secondary N) is 1. The topological polar surface area (TPSA) is 59.2 Å². The van der Waals surface area contributed by atoms with Crippen LogP contribution in [-0.4, -0.2) is 18.1 Å². The Bertz CT molecular complexity index is 358. The molecule has 0 aliphatic carbocycles. The molecule has 1 N–H and O–H groups in total. The molecule has 0 fully saturated rings. The molecule has 4 nitrogen and oxygen atoms in total. The molecule has 1 rings (SSSR count). The fourth-order valence-electron chi connectivity index (χ4n) is 0.713. The number of pyridine rings is 1. The average Bonchev–Trinajstić information content (AvgIpc) is 2.03. The third-order valence-electron chi connectivity index (χ3n) is 1.28. The van der Waals surface area contributed by atoms with E-state index in [9.17, 15) is 9.59 Å². The van der Waals surface area contributed by atoms with Crippen LogP contribution in [0.3, 0.4) is 0 Å². The first kappa shape index (κ1) is 8.80. The van der Waals surface area contributed by atoms with E-state index in [1.54, 1.807) is 0 Å². The Morgan fingerprint density at radius 1 is 1.67 bits per heavy atom. The summed E-state index contributed by atoms with van der Waals surface area (Å²) in [5.74, 6) is -0.573. The molecular weight excluding hydrogens is 182 g/mol. The second-order valence-electron chi connectivity index (χ2n) is 2.05. The molecule has 0 atom stereocenters. The van der Waals surface area contributed by atoms with Crippen molar-refractivity contribution in [3.05, 3.63) is 33.2 Å². The van der Waals surface area contributed by atoms with E-state index in [2.05, 4.69) is 9.72 Å². The van der Waals surface area contributed by atoms with E-state index in [-0.39, 0.29) is 16.1 Å². The number of carbonyl (C=O) groups is 1. The lowest BCUT2D eigenvalue weighted by atomic mass is 10.3. The zero-order chi connectivity index (χ0) is 9.14. The summed E-state index contributed by atoms with van der Waals surface area (Å²) in [6, 6.07) is 1.12. The maximum absolute atomic E-state index is 10.9. The van der Waals surface area contributed by atoms with Crippen LogP contribution in [0.5, 0.6) is 0 Å². The van der Waals surface area contributed by atoms with E-state index >= 15 is 0 Å². The summed E-state index contributed by atoms with van der Waals surface area (Å²) in [6.45, 7) is 0. The highest BCUT2D eigenvalue weighted by molar-refractivity contribution is 6.33. The average molecular weight is 188 g/mol. The van der Waals surface area contributed by atoms with Crippen molar-refractivity contribution in [2.75, 3.05) is 7.11 Å². The zero-order valence-electron chi connectivity index (χ0n) is 6.26. The summed E-state index contributed by atoms with van der Waals surface area (Å²) in [6.07, 6.45) is 1.22. The van der Waals surface area contributed by atoms with Crippen LogP contribution in [-0.2, 0) is 4.74 Å². The molecular formula is C7H6ClNO3. The van der Waals surface area contributed by atoms with Gasteiger partial charge in [0.1, 0.15) is 0 Å². The van der Waals surface area contributed by atoms with Gasteiger partial charge in [-0.15, -0.1) is 0 Å². The molecule has 0 spiro atoms. The van der Waals surface area contributed by atoms with Crippen LogP contribution in [0.15, 0.2) is 17.1 Å². The number of ether oxygens (including phenoxy) is 1. The van der Waals surface area contributed by atoms with Crippen molar-refractivity contribution in [1.29, 1.82) is 0 Å². The van der Waals surface area contributed by atoms with Gasteiger partial charge in [0.05, 0.1) is 17.7 Å². The lowest BCUT2D eigenvalue weighted by Gasteiger charge is -1.99. The maximum atomic E-state index is 10.9. The molecule has 12 heavy (non-hydrogen) atoms. The molecule has 1 aromatic heterocycles. The fourth-order valence-corrected chi connectivity index (χ4v) is 0.944. The largest absolute Gasteiger partial charge is 0.465 e. The van der Waals surface area contributed by atoms with Crippen LogP contribution in [0.2, 0.25) is 5.02 Å². The van der Waals surface area contributed by atoms with Gasteiger partial charge in [-0.2, -0.15) is 0 Å². The van der Waals surface area contributed by atoms with E-state index in [1.807, 2.05) is 0 Å². The highest BCUT2D eigenvalue weighted by atomic mass is 35.5. The summed E-state index contributed by atoms with van der Waals surface area (Å²) in [5, 5.41) is 0.0885. The van der Waals surface area contributed by atoms with Crippen molar-refractivity contribution >= 4 is 17.6 Å². The highest BCUT2D eigenvalue weighted by Gasteiger charge is 2.09. The van der Waals surface area contributed by atoms with Crippen LogP contribution < -0.4 is 5.56 Å². The Labute approximate surface area is 73.1 Å². The van der Waals surface area contributed by atoms with Gasteiger partial charge in [0, 0.05) is 12.3 Å². The minimum atomic E-state index is -0.573. The monoisotopic (exact) mass is 187 g/mol. The van der Waals surface area contributed by atoms with E-state index in [0.29, 0.717) is 0 Å². The van der Waals surface area contributed by atoms with Crippen LogP contribution in [0.4, 0.5) is 0 Å². The minimum Gasteiger partial charge on any atom is -0.465 e. The van der Waals surface area contributed by atoms with Crippen LogP contribution >= 0.6 is 11.6 Å². The Morgan fingerprint density at radius 3 is 2.83 bits per heavy atom. The molecule has 0 saturated heterocycles. The number of hydrogen-bond donors (Lipinski definition) is 1. The van der Waals surface area contributed by atoms with E-state index in [0.717, 1.165) is 6.07 Å². The fraction of sp³-hybridized carbons (Fsp3) is 0.143. The van der Waals surface area contributed by atoms with Gasteiger partial charge in [-0.05, 0) is 0 Å². The Balaban J connectivity index is 3.18. The highest BCUT2D eigenvalue weighted by Crippen LogP contribution is 2.11. The molecule has 0 amide bonds. The summed E-state index contributed by atoms with van der Waals surface area (Å²) < 4.78 is 4.41. The number of carbonyl (C=O) groups excluding carboxylic acids is 1. The van der Waals surface area contributed by atoms with Gasteiger partial charge in [0.2, 0.25) is 5.56 Å². The maximum Gasteiger partial charge on any atom is 0.340 e. The SMILES string of the molecule is COC(=O)c1c[nH]c(=O)cc1Cl. The quantitative estimate of drug-likeness (QED) is 0.662. The molecule has 0 unspecified atom stereocenters. The molecule has 0 aliphatic rings. The molecule has 0 saturated carbocycles. The third kappa shape index (κ3) is 1.65. The van der Waals surface area contributed by atoms with Gasteiger partial charge in [-0.25, -0.2) is 4.79 Å².